The van der Waals surface area contributed by atoms with Gasteiger partial charge in [0.2, 0.25) is 0 Å². The zero-order valence-corrected chi connectivity index (χ0v) is 14.9. The van der Waals surface area contributed by atoms with Crippen LogP contribution >= 0.6 is 45.8 Å². The molecule has 1 heterocycles. The van der Waals surface area contributed by atoms with Gasteiger partial charge in [-0.3, -0.25) is 0 Å². The summed E-state index contributed by atoms with van der Waals surface area (Å²) < 4.78 is 61.2. The second-order valence-corrected chi connectivity index (χ2v) is 6.98. The smallest absolute Gasteiger partial charge is 0.237 e. The first kappa shape index (κ1) is 17.8. The Morgan fingerprint density at radius 1 is 1.23 bits per heavy atom. The van der Waals surface area contributed by atoms with Crippen LogP contribution in [0.5, 0.6) is 0 Å². The predicted octanol–water partition coefficient (Wildman–Crippen LogP) is 3.91. The quantitative estimate of drug-likeness (QED) is 0.530. The first-order valence-electron chi connectivity index (χ1n) is 5.52. The van der Waals surface area contributed by atoms with Crippen LogP contribution in [0.2, 0.25) is 10.0 Å². The topological polar surface area (TPSA) is 52.0 Å². The molecule has 22 heavy (non-hydrogen) atoms. The van der Waals surface area contributed by atoms with Gasteiger partial charge in [-0.2, -0.15) is 18.3 Å². The van der Waals surface area contributed by atoms with E-state index < -0.39 is 22.4 Å². The lowest BCUT2D eigenvalue weighted by Gasteiger charge is -2.12. The highest BCUT2D eigenvalue weighted by Crippen LogP contribution is 2.37. The van der Waals surface area contributed by atoms with E-state index >= 15 is 0 Å². The van der Waals surface area contributed by atoms with Crippen LogP contribution in [0, 0.1) is 3.70 Å². The van der Waals surface area contributed by atoms with Gasteiger partial charge in [0.1, 0.15) is 20.1 Å². The second-order valence-electron chi connectivity index (χ2n) is 4.17. The molecular weight excluding hydrogens is 479 g/mol. The normalized spacial score (nSPS) is 12.1. The van der Waals surface area contributed by atoms with Crippen molar-refractivity contribution in [3.63, 3.8) is 0 Å². The average molecular weight is 485 g/mol. The molecule has 0 saturated heterocycles. The monoisotopic (exact) mass is 484 g/mol. The highest BCUT2D eigenvalue weighted by Gasteiger charge is 2.32. The first-order valence-corrected chi connectivity index (χ1v) is 8.72. The van der Waals surface area contributed by atoms with Gasteiger partial charge in [-0.25, -0.2) is 13.1 Å². The minimum atomic E-state index is -4.57. The van der Waals surface area contributed by atoms with Crippen LogP contribution in [0.4, 0.5) is 13.2 Å². The minimum Gasteiger partial charge on any atom is -0.237 e. The SMILES string of the molecule is O=[SH](=O)Cc1cn(-c2c(Cl)cc(C(F)(F)F)cc2Cl)nc1I. The molecule has 0 aliphatic heterocycles. The first-order chi connectivity index (χ1) is 10.1. The van der Waals surface area contributed by atoms with Gasteiger partial charge in [-0.15, -0.1) is 0 Å². The molecule has 0 bridgehead atoms. The summed E-state index contributed by atoms with van der Waals surface area (Å²) in [5.41, 5.74) is -0.513. The maximum absolute atomic E-state index is 12.7. The molecule has 2 rings (SSSR count). The maximum atomic E-state index is 12.7. The van der Waals surface area contributed by atoms with E-state index in [-0.39, 0.29) is 21.5 Å². The molecule has 120 valence electrons. The zero-order valence-electron chi connectivity index (χ0n) is 10.4. The summed E-state index contributed by atoms with van der Waals surface area (Å²) in [6.07, 6.45) is -3.20. The van der Waals surface area contributed by atoms with Crippen LogP contribution < -0.4 is 0 Å². The summed E-state index contributed by atoms with van der Waals surface area (Å²) in [6, 6.07) is 1.48. The third-order valence-corrected chi connectivity index (χ3v) is 4.70. The summed E-state index contributed by atoms with van der Waals surface area (Å²) in [5, 5.41) is 3.56. The number of alkyl halides is 3. The van der Waals surface area contributed by atoms with Crippen molar-refractivity contribution in [1.82, 2.24) is 9.78 Å². The average Bonchev–Trinajstić information content (AvgIpc) is 2.67. The Labute approximate surface area is 148 Å². The Morgan fingerprint density at radius 3 is 2.23 bits per heavy atom. The molecule has 4 nitrogen and oxygen atoms in total. The molecule has 1 aromatic carbocycles. The molecule has 0 saturated carbocycles. The summed E-state index contributed by atoms with van der Waals surface area (Å²) in [7, 11) is -2.66. The number of benzene rings is 1. The van der Waals surface area contributed by atoms with E-state index in [4.69, 9.17) is 23.2 Å². The van der Waals surface area contributed by atoms with Crippen LogP contribution in [0.3, 0.4) is 0 Å². The Kier molecular flexibility index (Phi) is 5.30. The van der Waals surface area contributed by atoms with Crippen molar-refractivity contribution < 1.29 is 21.6 Å². The molecule has 0 N–H and O–H groups in total. The van der Waals surface area contributed by atoms with Gasteiger partial charge in [-0.05, 0) is 34.7 Å². The Balaban J connectivity index is 2.54. The van der Waals surface area contributed by atoms with E-state index in [1.54, 1.807) is 0 Å². The van der Waals surface area contributed by atoms with E-state index in [1.165, 1.54) is 10.9 Å². The predicted molar refractivity (Wildman–Crippen MR) is 85.3 cm³/mol. The van der Waals surface area contributed by atoms with Crippen molar-refractivity contribution in [1.29, 1.82) is 0 Å². The summed E-state index contributed by atoms with van der Waals surface area (Å²) >= 11 is 13.6. The Hall–Kier alpha value is -0.520. The lowest BCUT2D eigenvalue weighted by molar-refractivity contribution is -0.137. The summed E-state index contributed by atoms with van der Waals surface area (Å²) in [6.45, 7) is 0. The van der Waals surface area contributed by atoms with E-state index in [0.717, 1.165) is 12.1 Å². The van der Waals surface area contributed by atoms with Gasteiger partial charge in [0.15, 0.2) is 0 Å². The number of hydrogen-bond acceptors (Lipinski definition) is 3. The van der Waals surface area contributed by atoms with Crippen LogP contribution in [0.1, 0.15) is 11.1 Å². The van der Waals surface area contributed by atoms with Crippen LogP contribution in [0.15, 0.2) is 18.3 Å². The maximum Gasteiger partial charge on any atom is 0.416 e. The van der Waals surface area contributed by atoms with Gasteiger partial charge in [0.05, 0.1) is 21.4 Å². The molecule has 2 aromatic rings. The number of hydrogen-bond donors (Lipinski definition) is 1. The van der Waals surface area contributed by atoms with E-state index in [9.17, 15) is 21.6 Å². The van der Waals surface area contributed by atoms with Gasteiger partial charge < -0.3 is 0 Å². The molecule has 1 aromatic heterocycles. The van der Waals surface area contributed by atoms with Crippen LogP contribution in [-0.4, -0.2) is 18.2 Å². The number of nitrogens with zero attached hydrogens (tertiary/aromatic N) is 2. The molecule has 0 radical (unpaired) electrons. The second kappa shape index (κ2) is 6.54. The fourth-order valence-electron chi connectivity index (χ4n) is 1.70. The van der Waals surface area contributed by atoms with E-state index in [1.807, 2.05) is 22.6 Å². The Morgan fingerprint density at radius 2 is 1.77 bits per heavy atom. The van der Waals surface area contributed by atoms with E-state index in [0.29, 0.717) is 9.26 Å². The highest BCUT2D eigenvalue weighted by atomic mass is 127. The number of aromatic nitrogens is 2. The lowest BCUT2D eigenvalue weighted by atomic mass is 10.2. The van der Waals surface area contributed by atoms with Crippen molar-refractivity contribution in [2.75, 3.05) is 0 Å². The van der Waals surface area contributed by atoms with Crippen molar-refractivity contribution in [3.8, 4) is 5.69 Å². The van der Waals surface area contributed by atoms with Crippen molar-refractivity contribution in [3.05, 3.63) is 43.2 Å². The molecular formula is C11H6Cl2F3IN2O2S. The van der Waals surface area contributed by atoms with Gasteiger partial charge in [-0.1, -0.05) is 23.2 Å². The largest absolute Gasteiger partial charge is 0.416 e. The molecule has 0 unspecified atom stereocenters. The highest BCUT2D eigenvalue weighted by molar-refractivity contribution is 14.1. The zero-order chi connectivity index (χ0) is 16.7. The fraction of sp³-hybridized carbons (Fsp3) is 0.182. The number of thiol groups is 1. The third-order valence-electron chi connectivity index (χ3n) is 2.61. The lowest BCUT2D eigenvalue weighted by Crippen LogP contribution is -2.07. The molecule has 0 atom stereocenters. The molecule has 0 aliphatic rings. The van der Waals surface area contributed by atoms with Crippen LogP contribution in [-0.2, 0) is 22.6 Å². The Bertz CT molecular complexity index is 774. The summed E-state index contributed by atoms with van der Waals surface area (Å²) in [5.74, 6) is -0.233. The van der Waals surface area contributed by atoms with Gasteiger partial charge in [0.25, 0.3) is 0 Å². The van der Waals surface area contributed by atoms with Crippen molar-refractivity contribution in [2.24, 2.45) is 0 Å². The number of halogens is 6. The number of rotatable bonds is 3. The third kappa shape index (κ3) is 3.87. The molecule has 0 aliphatic carbocycles. The van der Waals surface area contributed by atoms with Crippen molar-refractivity contribution in [2.45, 2.75) is 11.9 Å². The molecule has 11 heteroatoms. The molecule has 0 spiro atoms. The van der Waals surface area contributed by atoms with Gasteiger partial charge in [0, 0.05) is 11.8 Å². The fourth-order valence-corrected chi connectivity index (χ4v) is 3.73. The minimum absolute atomic E-state index is 0.0571. The van der Waals surface area contributed by atoms with E-state index in [2.05, 4.69) is 5.10 Å². The van der Waals surface area contributed by atoms with Gasteiger partial charge >= 0.3 is 6.18 Å². The van der Waals surface area contributed by atoms with Crippen molar-refractivity contribution >= 4 is 56.5 Å². The molecule has 0 fully saturated rings. The van der Waals surface area contributed by atoms with Crippen LogP contribution in [0.25, 0.3) is 5.69 Å². The summed E-state index contributed by atoms with van der Waals surface area (Å²) in [4.78, 5) is 0. The standard InChI is InChI=1S/C11H6Cl2F3IN2O2S/c12-7-1-6(11(14,15)16)2-8(13)9(7)19-3-5(4-22(20)21)10(17)18-19/h1-3,22H,4H2. The molecule has 0 amide bonds.